The average Bonchev–Trinajstić information content (AvgIpc) is 3.39. The standard InChI is InChI=1S/2C25H21BrP.C8H3BF6O3/c2*26-25-19-11-10-12-21(25)20-27(22-13-4-1-5-14-22,23-15-6-2-7-16-23)24-17-8-3-9-18-24;10-7(11,12)4-1-5(8(13,14)15)3-6(2-4)18-9(16)17/h2*1-19H,20H2;1-3H/q2*+1;-2. The average molecular weight is 1140 g/mol. The lowest BCUT2D eigenvalue weighted by atomic mass is 10.1. The molecule has 14 heteroatoms. The Bertz CT molecular complexity index is 2690. The Labute approximate surface area is 434 Å². The van der Waals surface area contributed by atoms with Crippen molar-refractivity contribution < 1.29 is 41.0 Å². The Kier molecular flexibility index (Phi) is 18.5. The second kappa shape index (κ2) is 24.7. The van der Waals surface area contributed by atoms with Gasteiger partial charge in [-0.25, -0.2) is 0 Å². The van der Waals surface area contributed by atoms with Crippen molar-refractivity contribution in [2.45, 2.75) is 24.7 Å². The number of hydrogen-bond donors (Lipinski definition) is 0. The van der Waals surface area contributed by atoms with Crippen molar-refractivity contribution in [1.29, 1.82) is 0 Å². The zero-order valence-electron chi connectivity index (χ0n) is 38.3. The van der Waals surface area contributed by atoms with Crippen molar-refractivity contribution in [3.8, 4) is 5.75 Å². The Morgan fingerprint density at radius 1 is 0.361 bits per heavy atom. The number of alkyl halides is 6. The van der Waals surface area contributed by atoms with E-state index in [1.54, 1.807) is 0 Å². The zero-order chi connectivity index (χ0) is 51.2. The summed E-state index contributed by atoms with van der Waals surface area (Å²) in [5.41, 5.74) is -0.620. The lowest BCUT2D eigenvalue weighted by Gasteiger charge is -2.28. The Morgan fingerprint density at radius 2 is 0.597 bits per heavy atom. The fourth-order valence-corrected chi connectivity index (χ4v) is 18.2. The number of halogens is 8. The molecule has 0 aliphatic rings. The molecule has 0 saturated heterocycles. The molecule has 364 valence electrons. The third kappa shape index (κ3) is 13.4. The van der Waals surface area contributed by atoms with Gasteiger partial charge in [-0.15, -0.1) is 0 Å². The van der Waals surface area contributed by atoms with Gasteiger partial charge in [-0.3, -0.25) is 0 Å². The third-order valence-corrected chi connectivity index (χ3v) is 22.0. The van der Waals surface area contributed by atoms with Crippen LogP contribution in [0, 0.1) is 0 Å². The Balaban J connectivity index is 0.000000162. The molecule has 72 heavy (non-hydrogen) atoms. The van der Waals surface area contributed by atoms with Gasteiger partial charge in [0, 0.05) is 20.1 Å². The fraction of sp³-hybridized carbons (Fsp3) is 0.0690. The van der Waals surface area contributed by atoms with Gasteiger partial charge in [0.15, 0.2) is 0 Å². The highest BCUT2D eigenvalue weighted by molar-refractivity contribution is 9.10. The van der Waals surface area contributed by atoms with E-state index in [-0.39, 0.29) is 18.2 Å². The lowest BCUT2D eigenvalue weighted by molar-refractivity contribution is -0.372. The van der Waals surface area contributed by atoms with Crippen LogP contribution < -0.4 is 46.5 Å². The highest BCUT2D eigenvalue weighted by Crippen LogP contribution is 2.60. The summed E-state index contributed by atoms with van der Waals surface area (Å²) in [6.45, 7) is 0. The van der Waals surface area contributed by atoms with Gasteiger partial charge < -0.3 is 14.7 Å². The van der Waals surface area contributed by atoms with E-state index < -0.39 is 51.1 Å². The largest absolute Gasteiger partial charge is 0.860 e. The number of rotatable bonds is 12. The summed E-state index contributed by atoms with van der Waals surface area (Å²) < 4.78 is 79.9. The van der Waals surface area contributed by atoms with Crippen LogP contribution in [0.25, 0.3) is 0 Å². The quantitative estimate of drug-likeness (QED) is 0.0696. The third-order valence-electron chi connectivity index (χ3n) is 11.7. The topological polar surface area (TPSA) is 55.3 Å². The summed E-state index contributed by atoms with van der Waals surface area (Å²) in [5.74, 6) is -1.08. The van der Waals surface area contributed by atoms with Crippen LogP contribution in [-0.4, -0.2) is 7.32 Å². The van der Waals surface area contributed by atoms with Gasteiger partial charge >= 0.3 is 12.4 Å². The van der Waals surface area contributed by atoms with E-state index >= 15 is 0 Å². The zero-order valence-corrected chi connectivity index (χ0v) is 43.3. The summed E-state index contributed by atoms with van der Waals surface area (Å²) in [4.78, 5) is 0. The van der Waals surface area contributed by atoms with E-state index in [2.05, 4.69) is 267 Å². The molecule has 0 radical (unpaired) electrons. The van der Waals surface area contributed by atoms with Gasteiger partial charge in [-0.05, 0) is 103 Å². The van der Waals surface area contributed by atoms with Gasteiger partial charge in [0.25, 0.3) is 0 Å². The molecule has 0 aromatic heterocycles. The molecule has 0 fully saturated rings. The molecule has 0 unspecified atom stereocenters. The van der Waals surface area contributed by atoms with E-state index in [0.29, 0.717) is 0 Å². The van der Waals surface area contributed by atoms with Crippen molar-refractivity contribution in [3.63, 3.8) is 0 Å². The highest BCUT2D eigenvalue weighted by Gasteiger charge is 2.47. The van der Waals surface area contributed by atoms with E-state index in [0.717, 1.165) is 12.3 Å². The van der Waals surface area contributed by atoms with Crippen molar-refractivity contribution >= 4 is 85.5 Å². The van der Waals surface area contributed by atoms with E-state index in [9.17, 15) is 36.4 Å². The van der Waals surface area contributed by atoms with Crippen LogP contribution in [0.1, 0.15) is 22.3 Å². The van der Waals surface area contributed by atoms with Crippen molar-refractivity contribution in [2.24, 2.45) is 0 Å². The minimum atomic E-state index is -5.05. The SMILES string of the molecule is Brc1ccccc1C[P+](c1ccccc1)(c1ccccc1)c1ccccc1.Brc1ccccc1C[P+](c1ccccc1)(c1ccccc1)c1ccccc1.[O-]B([O-])Oc1cc(C(F)(F)F)cc(C(F)(F)F)c1. The van der Waals surface area contributed by atoms with Crippen LogP contribution >= 0.6 is 46.4 Å². The van der Waals surface area contributed by atoms with Crippen molar-refractivity contribution in [2.75, 3.05) is 0 Å². The minimum absolute atomic E-state index is 0.141. The van der Waals surface area contributed by atoms with Crippen LogP contribution in [0.5, 0.6) is 5.75 Å². The maximum absolute atomic E-state index is 12.3. The molecule has 0 saturated carbocycles. The molecule has 0 amide bonds. The van der Waals surface area contributed by atoms with Gasteiger partial charge in [-0.2, -0.15) is 26.3 Å². The molecule has 9 aromatic carbocycles. The van der Waals surface area contributed by atoms with E-state index in [4.69, 9.17) is 0 Å². The Hall–Kier alpha value is -5.84. The minimum Gasteiger partial charge on any atom is -0.860 e. The second-order valence-electron chi connectivity index (χ2n) is 16.3. The van der Waals surface area contributed by atoms with Crippen LogP contribution in [0.4, 0.5) is 26.3 Å². The lowest BCUT2D eigenvalue weighted by Crippen LogP contribution is -2.50. The summed E-state index contributed by atoms with van der Waals surface area (Å²) in [5, 5.41) is 28.6. The van der Waals surface area contributed by atoms with Crippen LogP contribution in [0.2, 0.25) is 0 Å². The van der Waals surface area contributed by atoms with Crippen LogP contribution in [0.15, 0.2) is 258 Å². The monoisotopic (exact) mass is 1130 g/mol. The first kappa shape index (κ1) is 54.0. The molecule has 9 rings (SSSR count). The van der Waals surface area contributed by atoms with Crippen LogP contribution in [-0.2, 0) is 24.7 Å². The molecule has 0 aliphatic heterocycles. The molecule has 3 nitrogen and oxygen atoms in total. The summed E-state index contributed by atoms with van der Waals surface area (Å²) in [6.07, 6.45) is -8.12. The summed E-state index contributed by atoms with van der Waals surface area (Å²) in [6, 6.07) is 83.5. The maximum Gasteiger partial charge on any atom is 0.416 e. The molecule has 0 heterocycles. The van der Waals surface area contributed by atoms with Crippen molar-refractivity contribution in [3.05, 3.63) is 280 Å². The number of hydrogen-bond acceptors (Lipinski definition) is 3. The van der Waals surface area contributed by atoms with Gasteiger partial charge in [0.2, 0.25) is 0 Å². The molecule has 0 spiro atoms. The normalized spacial score (nSPS) is 11.6. The molecule has 0 atom stereocenters. The van der Waals surface area contributed by atoms with Crippen LogP contribution in [0.3, 0.4) is 0 Å². The van der Waals surface area contributed by atoms with Gasteiger partial charge in [-0.1, -0.05) is 177 Å². The van der Waals surface area contributed by atoms with Crippen molar-refractivity contribution in [1.82, 2.24) is 0 Å². The maximum atomic E-state index is 12.3. The molecule has 9 aromatic rings. The molecular formula is C58H45BBr2F6O3P2. The van der Waals surface area contributed by atoms with E-state index in [1.165, 1.54) is 51.9 Å². The first-order valence-electron chi connectivity index (χ1n) is 22.5. The van der Waals surface area contributed by atoms with E-state index in [1.807, 2.05) is 0 Å². The molecule has 0 bridgehead atoms. The molecule has 0 N–H and O–H groups in total. The summed E-state index contributed by atoms with van der Waals surface area (Å²) in [7, 11) is -6.68. The fourth-order valence-electron chi connectivity index (χ4n) is 8.41. The first-order chi connectivity index (χ1) is 34.6. The summed E-state index contributed by atoms with van der Waals surface area (Å²) >= 11 is 7.57. The molecular weight excluding hydrogens is 1090 g/mol. The second-order valence-corrected chi connectivity index (χ2v) is 25.0. The predicted octanol–water partition coefficient (Wildman–Crippen LogP) is 12.7. The molecule has 0 aliphatic carbocycles. The predicted molar refractivity (Wildman–Crippen MR) is 289 cm³/mol. The first-order valence-corrected chi connectivity index (χ1v) is 28.0. The smallest absolute Gasteiger partial charge is 0.416 e. The Morgan fingerprint density at radius 3 is 0.819 bits per heavy atom. The van der Waals surface area contributed by atoms with Gasteiger partial charge in [0.05, 0.1) is 29.2 Å². The number of benzene rings is 9. The highest BCUT2D eigenvalue weighted by atomic mass is 79.9. The van der Waals surface area contributed by atoms with Gasteiger partial charge in [0.1, 0.15) is 53.7 Å².